The number of hydrogen-bond acceptors (Lipinski definition) is 2. The van der Waals surface area contributed by atoms with Crippen LogP contribution in [0.5, 0.6) is 0 Å². The van der Waals surface area contributed by atoms with Crippen molar-refractivity contribution in [2.45, 2.75) is 58.2 Å². The molecular weight excluding hydrogens is 401 g/mol. The van der Waals surface area contributed by atoms with Crippen LogP contribution in [-0.4, -0.2) is 35.2 Å². The largest absolute Gasteiger partial charge is 0.478 e. The Morgan fingerprint density at radius 3 is 1.83 bits per heavy atom. The van der Waals surface area contributed by atoms with Crippen LogP contribution < -0.4 is 0 Å². The number of carboxylic acid groups (broad SMARTS) is 2. The Morgan fingerprint density at radius 1 is 0.933 bits per heavy atom. The summed E-state index contributed by atoms with van der Waals surface area (Å²) in [5, 5.41) is 19.5. The number of rotatable bonds is 6. The first kappa shape index (κ1) is 23.4. The molecule has 0 aliphatic carbocycles. The van der Waals surface area contributed by atoms with Gasteiger partial charge in [0.2, 0.25) is 0 Å². The molecule has 1 heterocycles. The van der Waals surface area contributed by atoms with Gasteiger partial charge in [-0.05, 0) is 34.3 Å². The second-order valence-corrected chi connectivity index (χ2v) is 14.0. The number of aromatic nitrogens is 1. The van der Waals surface area contributed by atoms with Crippen LogP contribution in [0.2, 0.25) is 16.6 Å². The van der Waals surface area contributed by atoms with Gasteiger partial charge in [0.15, 0.2) is 0 Å². The summed E-state index contributed by atoms with van der Waals surface area (Å²) in [5.41, 5.74) is 4.34. The first-order valence-electron chi connectivity index (χ1n) is 9.95. The molecule has 0 amide bonds. The minimum absolute atomic E-state index is 0.00482. The van der Waals surface area contributed by atoms with E-state index in [-0.39, 0.29) is 22.5 Å². The second-order valence-electron chi connectivity index (χ2n) is 8.39. The molecule has 0 spiro atoms. The predicted molar refractivity (Wildman–Crippen MR) is 118 cm³/mol. The third-order valence-electron chi connectivity index (χ3n) is 5.83. The Balaban J connectivity index is 2.82. The molecule has 1 aromatic carbocycles. The SMILES string of the molecule is CC(C)[Si](C#Cc1[nH]c(C(=O)O)c(-c2ccc(F)cc2)c1C(=O)O)(C(C)C)C(C)C. The summed E-state index contributed by atoms with van der Waals surface area (Å²) in [4.78, 5) is 26.6. The summed E-state index contributed by atoms with van der Waals surface area (Å²) in [6, 6.07) is 5.06. The van der Waals surface area contributed by atoms with Gasteiger partial charge in [0.25, 0.3) is 0 Å². The molecule has 1 aromatic heterocycles. The predicted octanol–water partition coefficient (Wildman–Crippen LogP) is 5.79. The van der Waals surface area contributed by atoms with Crippen molar-refractivity contribution in [2.75, 3.05) is 0 Å². The van der Waals surface area contributed by atoms with Gasteiger partial charge in [-0.3, -0.25) is 0 Å². The van der Waals surface area contributed by atoms with Crippen molar-refractivity contribution in [1.29, 1.82) is 0 Å². The molecule has 2 rings (SSSR count). The molecule has 2 aromatic rings. The Hall–Kier alpha value is -2.85. The van der Waals surface area contributed by atoms with Crippen LogP contribution in [-0.2, 0) is 0 Å². The lowest BCUT2D eigenvalue weighted by Crippen LogP contribution is -2.43. The maximum absolute atomic E-state index is 13.3. The summed E-state index contributed by atoms with van der Waals surface area (Å²) in [6.07, 6.45) is 0. The van der Waals surface area contributed by atoms with E-state index in [9.17, 15) is 24.2 Å². The molecular formula is C23H28FNO4Si. The van der Waals surface area contributed by atoms with Crippen molar-refractivity contribution in [3.8, 4) is 22.6 Å². The van der Waals surface area contributed by atoms with E-state index in [1.54, 1.807) is 0 Å². The first-order valence-corrected chi connectivity index (χ1v) is 12.2. The van der Waals surface area contributed by atoms with Crippen molar-refractivity contribution < 1.29 is 24.2 Å². The third-order valence-corrected chi connectivity index (χ3v) is 12.1. The van der Waals surface area contributed by atoms with Gasteiger partial charge in [-0.1, -0.05) is 59.6 Å². The van der Waals surface area contributed by atoms with Crippen LogP contribution in [0.15, 0.2) is 24.3 Å². The molecule has 0 aliphatic heterocycles. The number of carboxylic acids is 2. The molecule has 0 radical (unpaired) electrons. The molecule has 7 heteroatoms. The van der Waals surface area contributed by atoms with Gasteiger partial charge in [0.1, 0.15) is 30.8 Å². The van der Waals surface area contributed by atoms with E-state index < -0.39 is 25.8 Å². The Labute approximate surface area is 177 Å². The fraction of sp³-hybridized carbons (Fsp3) is 0.391. The number of H-pyrrole nitrogens is 1. The summed E-state index contributed by atoms with van der Waals surface area (Å²) in [5.74, 6) is -0.0664. The summed E-state index contributed by atoms with van der Waals surface area (Å²) < 4.78 is 13.3. The molecule has 0 aliphatic rings. The summed E-state index contributed by atoms with van der Waals surface area (Å²) in [6.45, 7) is 12.8. The normalized spacial score (nSPS) is 11.7. The fourth-order valence-electron chi connectivity index (χ4n) is 4.48. The van der Waals surface area contributed by atoms with Gasteiger partial charge in [-0.15, -0.1) is 5.54 Å². The van der Waals surface area contributed by atoms with Crippen molar-refractivity contribution in [3.63, 3.8) is 0 Å². The minimum Gasteiger partial charge on any atom is -0.478 e. The Morgan fingerprint density at radius 2 is 1.43 bits per heavy atom. The van der Waals surface area contributed by atoms with E-state index in [2.05, 4.69) is 58.0 Å². The highest BCUT2D eigenvalue weighted by Gasteiger charge is 2.42. The topological polar surface area (TPSA) is 90.4 Å². The summed E-state index contributed by atoms with van der Waals surface area (Å²) >= 11 is 0. The van der Waals surface area contributed by atoms with Crippen LogP contribution in [0.25, 0.3) is 11.1 Å². The van der Waals surface area contributed by atoms with Gasteiger partial charge in [-0.25, -0.2) is 14.0 Å². The molecule has 160 valence electrons. The van der Waals surface area contributed by atoms with Gasteiger partial charge >= 0.3 is 11.9 Å². The monoisotopic (exact) mass is 429 g/mol. The molecule has 0 bridgehead atoms. The average molecular weight is 430 g/mol. The number of carbonyl (C=O) groups is 2. The van der Waals surface area contributed by atoms with E-state index >= 15 is 0 Å². The lowest BCUT2D eigenvalue weighted by molar-refractivity contribution is 0.0688. The Kier molecular flexibility index (Phi) is 6.94. The number of nitrogens with one attached hydrogen (secondary N) is 1. The number of hydrogen-bond donors (Lipinski definition) is 3. The highest BCUT2D eigenvalue weighted by molar-refractivity contribution is 6.90. The molecule has 3 N–H and O–H groups in total. The molecule has 0 unspecified atom stereocenters. The highest BCUT2D eigenvalue weighted by atomic mass is 28.3. The fourth-order valence-corrected chi connectivity index (χ4v) is 9.68. The number of aromatic amines is 1. The van der Waals surface area contributed by atoms with E-state index in [0.717, 1.165) is 0 Å². The third kappa shape index (κ3) is 4.19. The number of halogens is 1. The molecule has 0 atom stereocenters. The van der Waals surface area contributed by atoms with Gasteiger partial charge in [0, 0.05) is 5.56 Å². The molecule has 5 nitrogen and oxygen atoms in total. The number of benzene rings is 1. The van der Waals surface area contributed by atoms with E-state index in [1.165, 1.54) is 24.3 Å². The quantitative estimate of drug-likeness (QED) is 0.401. The van der Waals surface area contributed by atoms with Crippen LogP contribution in [0, 0.1) is 17.3 Å². The van der Waals surface area contributed by atoms with Gasteiger partial charge in [-0.2, -0.15) is 0 Å². The molecule has 0 saturated heterocycles. The van der Waals surface area contributed by atoms with Crippen molar-refractivity contribution in [1.82, 2.24) is 4.98 Å². The zero-order valence-electron chi connectivity index (χ0n) is 18.1. The van der Waals surface area contributed by atoms with Crippen LogP contribution in [0.1, 0.15) is 68.1 Å². The van der Waals surface area contributed by atoms with Crippen molar-refractivity contribution in [3.05, 3.63) is 47.0 Å². The number of aromatic carboxylic acids is 2. The zero-order chi connectivity index (χ0) is 22.8. The second kappa shape index (κ2) is 8.88. The molecule has 0 saturated carbocycles. The van der Waals surface area contributed by atoms with Gasteiger partial charge < -0.3 is 15.2 Å². The maximum atomic E-state index is 13.3. The van der Waals surface area contributed by atoms with Crippen LogP contribution >= 0.6 is 0 Å². The van der Waals surface area contributed by atoms with Crippen molar-refractivity contribution >= 4 is 20.0 Å². The summed E-state index contributed by atoms with van der Waals surface area (Å²) in [7, 11) is -2.16. The average Bonchev–Trinajstić information content (AvgIpc) is 3.02. The standard InChI is InChI=1S/C23H28FNO4Si/c1-13(2)30(14(3)4,15(5)6)12-11-18-20(22(26)27)19(21(25-18)23(28)29)16-7-9-17(24)10-8-16/h7-10,13-15,25H,1-6H3,(H,26,27)(H,28,29). The van der Waals surface area contributed by atoms with E-state index in [0.29, 0.717) is 22.2 Å². The van der Waals surface area contributed by atoms with Crippen molar-refractivity contribution in [2.24, 2.45) is 0 Å². The van der Waals surface area contributed by atoms with Crippen LogP contribution in [0.3, 0.4) is 0 Å². The minimum atomic E-state index is -2.16. The molecule has 0 fully saturated rings. The maximum Gasteiger partial charge on any atom is 0.353 e. The lowest BCUT2D eigenvalue weighted by atomic mass is 10.00. The zero-order valence-corrected chi connectivity index (χ0v) is 19.1. The van der Waals surface area contributed by atoms with E-state index in [1.807, 2.05) is 0 Å². The highest BCUT2D eigenvalue weighted by Crippen LogP contribution is 2.41. The van der Waals surface area contributed by atoms with Crippen LogP contribution in [0.4, 0.5) is 4.39 Å². The van der Waals surface area contributed by atoms with E-state index in [4.69, 9.17) is 0 Å². The van der Waals surface area contributed by atoms with Gasteiger partial charge in [0.05, 0.1) is 0 Å². The smallest absolute Gasteiger partial charge is 0.353 e. The lowest BCUT2D eigenvalue weighted by Gasteiger charge is -2.38. The molecule has 30 heavy (non-hydrogen) atoms. The first-order chi connectivity index (χ1) is 13.9. The Bertz CT molecular complexity index is 989.